The summed E-state index contributed by atoms with van der Waals surface area (Å²) in [7, 11) is -1.66. The standard InChI is InChI=1S/C19H34N4O4S/c1-7-20-18(22-14-19(3,4)23-28(6,24)25)21-13-16-9-8-15(2)12-17(16)27-11-10-26-5/h8-9,12,23H,7,10-11,13-14H2,1-6H3,(H2,20,21,22). The Hall–Kier alpha value is -1.84. The summed E-state index contributed by atoms with van der Waals surface area (Å²) in [5.74, 6) is 1.39. The molecule has 0 unspecified atom stereocenters. The molecule has 3 N–H and O–H groups in total. The van der Waals surface area contributed by atoms with Gasteiger partial charge in [0.15, 0.2) is 5.96 Å². The predicted molar refractivity (Wildman–Crippen MR) is 113 cm³/mol. The molecular weight excluding hydrogens is 380 g/mol. The van der Waals surface area contributed by atoms with Crippen molar-refractivity contribution in [2.45, 2.75) is 39.8 Å². The van der Waals surface area contributed by atoms with E-state index in [0.29, 0.717) is 38.8 Å². The van der Waals surface area contributed by atoms with Crippen LogP contribution in [0, 0.1) is 6.92 Å². The van der Waals surface area contributed by atoms with Crippen LogP contribution in [0.1, 0.15) is 31.9 Å². The van der Waals surface area contributed by atoms with Gasteiger partial charge in [0, 0.05) is 31.3 Å². The fourth-order valence-corrected chi connectivity index (χ4v) is 3.59. The number of benzene rings is 1. The Bertz CT molecular complexity index is 748. The Morgan fingerprint density at radius 3 is 2.54 bits per heavy atom. The van der Waals surface area contributed by atoms with E-state index in [2.05, 4.69) is 20.3 Å². The first-order valence-corrected chi connectivity index (χ1v) is 11.2. The van der Waals surface area contributed by atoms with Gasteiger partial charge in [0.2, 0.25) is 10.0 Å². The van der Waals surface area contributed by atoms with Gasteiger partial charge < -0.3 is 20.1 Å². The lowest BCUT2D eigenvalue weighted by Crippen LogP contribution is -2.53. The molecule has 0 bridgehead atoms. The van der Waals surface area contributed by atoms with E-state index in [1.54, 1.807) is 7.11 Å². The maximum atomic E-state index is 11.5. The van der Waals surface area contributed by atoms with Crippen molar-refractivity contribution >= 4 is 16.0 Å². The summed E-state index contributed by atoms with van der Waals surface area (Å²) < 4.78 is 36.4. The smallest absolute Gasteiger partial charge is 0.209 e. The summed E-state index contributed by atoms with van der Waals surface area (Å²) in [5.41, 5.74) is 1.42. The molecule has 0 radical (unpaired) electrons. The number of sulfonamides is 1. The van der Waals surface area contributed by atoms with Crippen LogP contribution in [0.2, 0.25) is 0 Å². The number of aryl methyl sites for hydroxylation is 1. The topological polar surface area (TPSA) is 101 Å². The molecule has 0 saturated heterocycles. The first kappa shape index (κ1) is 24.2. The van der Waals surface area contributed by atoms with E-state index in [-0.39, 0.29) is 0 Å². The molecule has 1 aromatic carbocycles. The third-order valence-corrected chi connectivity index (χ3v) is 4.60. The van der Waals surface area contributed by atoms with Crippen LogP contribution in [0.3, 0.4) is 0 Å². The first-order chi connectivity index (χ1) is 13.1. The molecule has 0 heterocycles. The molecule has 28 heavy (non-hydrogen) atoms. The summed E-state index contributed by atoms with van der Waals surface area (Å²) in [5, 5.41) is 6.36. The van der Waals surface area contributed by atoms with Crippen LogP contribution in [0.25, 0.3) is 0 Å². The van der Waals surface area contributed by atoms with Crippen molar-refractivity contribution in [3.8, 4) is 5.75 Å². The summed E-state index contributed by atoms with van der Waals surface area (Å²) in [4.78, 5) is 4.61. The molecule has 1 aromatic rings. The van der Waals surface area contributed by atoms with Crippen molar-refractivity contribution in [2.24, 2.45) is 4.99 Å². The normalized spacial score (nSPS) is 12.7. The van der Waals surface area contributed by atoms with Gasteiger partial charge in [0.1, 0.15) is 12.4 Å². The van der Waals surface area contributed by atoms with E-state index in [1.165, 1.54) is 0 Å². The van der Waals surface area contributed by atoms with Gasteiger partial charge in [0.05, 0.1) is 19.4 Å². The molecule has 0 aromatic heterocycles. The Kier molecular flexibility index (Phi) is 9.71. The monoisotopic (exact) mass is 414 g/mol. The SMILES string of the molecule is CCNC(=NCc1ccc(C)cc1OCCOC)NCC(C)(C)NS(C)(=O)=O. The molecule has 0 spiro atoms. The molecule has 0 aliphatic rings. The van der Waals surface area contributed by atoms with E-state index < -0.39 is 15.6 Å². The van der Waals surface area contributed by atoms with E-state index in [9.17, 15) is 8.42 Å². The van der Waals surface area contributed by atoms with Crippen molar-refractivity contribution in [2.75, 3.05) is 39.7 Å². The second-order valence-corrected chi connectivity index (χ2v) is 9.01. The van der Waals surface area contributed by atoms with Gasteiger partial charge in [-0.2, -0.15) is 0 Å². The molecule has 0 atom stereocenters. The van der Waals surface area contributed by atoms with Crippen LogP contribution in [0.15, 0.2) is 23.2 Å². The van der Waals surface area contributed by atoms with Gasteiger partial charge in [-0.25, -0.2) is 18.1 Å². The number of ether oxygens (including phenoxy) is 2. The van der Waals surface area contributed by atoms with Crippen LogP contribution < -0.4 is 20.1 Å². The molecule has 0 aliphatic heterocycles. The van der Waals surface area contributed by atoms with Crippen LogP contribution in [-0.2, 0) is 21.3 Å². The third kappa shape index (κ3) is 9.91. The van der Waals surface area contributed by atoms with Gasteiger partial charge in [-0.1, -0.05) is 12.1 Å². The number of hydrogen-bond acceptors (Lipinski definition) is 5. The molecule has 0 amide bonds. The number of rotatable bonds is 11. The van der Waals surface area contributed by atoms with E-state index in [1.807, 2.05) is 45.9 Å². The van der Waals surface area contributed by atoms with Crippen LogP contribution in [0.5, 0.6) is 5.75 Å². The van der Waals surface area contributed by atoms with Crippen molar-refractivity contribution in [1.29, 1.82) is 0 Å². The van der Waals surface area contributed by atoms with Crippen LogP contribution >= 0.6 is 0 Å². The summed E-state index contributed by atoms with van der Waals surface area (Å²) in [6, 6.07) is 6.01. The lowest BCUT2D eigenvalue weighted by molar-refractivity contribution is 0.145. The number of nitrogens with zero attached hydrogens (tertiary/aromatic N) is 1. The summed E-state index contributed by atoms with van der Waals surface area (Å²) in [6.45, 7) is 10.1. The second kappa shape index (κ2) is 11.2. The average molecular weight is 415 g/mol. The molecule has 9 heteroatoms. The van der Waals surface area contributed by atoms with Gasteiger partial charge in [-0.15, -0.1) is 0 Å². The zero-order valence-corrected chi connectivity index (χ0v) is 18.6. The van der Waals surface area contributed by atoms with Crippen LogP contribution in [-0.4, -0.2) is 59.6 Å². The number of hydrogen-bond donors (Lipinski definition) is 3. The fourth-order valence-electron chi connectivity index (χ4n) is 2.51. The fraction of sp³-hybridized carbons (Fsp3) is 0.632. The predicted octanol–water partition coefficient (Wildman–Crippen LogP) is 1.40. The number of nitrogens with one attached hydrogen (secondary N) is 3. The summed E-state index contributed by atoms with van der Waals surface area (Å²) in [6.07, 6.45) is 1.15. The van der Waals surface area contributed by atoms with Gasteiger partial charge in [-0.3, -0.25) is 0 Å². The molecule has 0 aliphatic carbocycles. The molecule has 1 rings (SSSR count). The zero-order chi connectivity index (χ0) is 21.2. The number of guanidine groups is 1. The largest absolute Gasteiger partial charge is 0.491 e. The summed E-state index contributed by atoms with van der Waals surface area (Å²) >= 11 is 0. The third-order valence-electron chi connectivity index (χ3n) is 3.68. The minimum Gasteiger partial charge on any atom is -0.491 e. The number of methoxy groups -OCH3 is 1. The van der Waals surface area contributed by atoms with Crippen molar-refractivity contribution in [3.63, 3.8) is 0 Å². The zero-order valence-electron chi connectivity index (χ0n) is 17.8. The molecule has 160 valence electrons. The van der Waals surface area contributed by atoms with Crippen molar-refractivity contribution in [1.82, 2.24) is 15.4 Å². The molecule has 0 saturated carbocycles. The first-order valence-electron chi connectivity index (χ1n) is 9.28. The molecular formula is C19H34N4O4S. The Morgan fingerprint density at radius 1 is 1.21 bits per heavy atom. The van der Waals surface area contributed by atoms with E-state index >= 15 is 0 Å². The highest BCUT2D eigenvalue weighted by molar-refractivity contribution is 7.88. The van der Waals surface area contributed by atoms with Gasteiger partial charge >= 0.3 is 0 Å². The minimum atomic E-state index is -3.30. The van der Waals surface area contributed by atoms with Crippen molar-refractivity contribution in [3.05, 3.63) is 29.3 Å². The van der Waals surface area contributed by atoms with Gasteiger partial charge in [-0.05, 0) is 39.3 Å². The maximum Gasteiger partial charge on any atom is 0.209 e. The lowest BCUT2D eigenvalue weighted by atomic mass is 10.1. The Labute approximate surface area is 169 Å². The highest BCUT2D eigenvalue weighted by Gasteiger charge is 2.22. The minimum absolute atomic E-state index is 0.386. The number of aliphatic imine (C=N–C) groups is 1. The van der Waals surface area contributed by atoms with E-state index in [0.717, 1.165) is 23.1 Å². The molecule has 0 fully saturated rings. The van der Waals surface area contributed by atoms with Crippen LogP contribution in [0.4, 0.5) is 0 Å². The van der Waals surface area contributed by atoms with Crippen molar-refractivity contribution < 1.29 is 17.9 Å². The second-order valence-electron chi connectivity index (χ2n) is 7.26. The highest BCUT2D eigenvalue weighted by Crippen LogP contribution is 2.21. The highest BCUT2D eigenvalue weighted by atomic mass is 32.2. The molecule has 8 nitrogen and oxygen atoms in total. The average Bonchev–Trinajstić information content (AvgIpc) is 2.57. The maximum absolute atomic E-state index is 11.5. The van der Waals surface area contributed by atoms with Gasteiger partial charge in [0.25, 0.3) is 0 Å². The Balaban J connectivity index is 2.84. The Morgan fingerprint density at radius 2 is 1.93 bits per heavy atom. The quantitative estimate of drug-likeness (QED) is 0.287. The lowest BCUT2D eigenvalue weighted by Gasteiger charge is -2.26. The van der Waals surface area contributed by atoms with E-state index in [4.69, 9.17) is 9.47 Å².